The third kappa shape index (κ3) is 6.19. The summed E-state index contributed by atoms with van der Waals surface area (Å²) in [5.41, 5.74) is 1.67. The number of methoxy groups -OCH3 is 1. The lowest BCUT2D eigenvalue weighted by Crippen LogP contribution is -2.33. The number of hydrogen-bond acceptors (Lipinski definition) is 3. The van der Waals surface area contributed by atoms with Crippen LogP contribution in [0.25, 0.3) is 0 Å². The van der Waals surface area contributed by atoms with E-state index in [4.69, 9.17) is 4.74 Å². The molecule has 2 rings (SSSR count). The van der Waals surface area contributed by atoms with E-state index in [1.54, 1.807) is 19.2 Å². The highest BCUT2D eigenvalue weighted by Gasteiger charge is 2.14. The van der Waals surface area contributed by atoms with Gasteiger partial charge in [-0.3, -0.25) is 4.79 Å². The smallest absolute Gasteiger partial charge is 0.220 e. The molecule has 134 valence electrons. The van der Waals surface area contributed by atoms with E-state index in [2.05, 4.69) is 5.32 Å². The minimum absolute atomic E-state index is 0.0679. The Hall–Kier alpha value is -2.40. The predicted molar refractivity (Wildman–Crippen MR) is 94.9 cm³/mol. The standard InChI is InChI=1S/C20H24FNO3/c1-14(12-19(23)16-7-9-17(21)10-8-16)22-20(24)11-6-15-4-3-5-18(13-15)25-2/h3-5,7-10,13-14,19,23H,6,11-12H2,1-2H3,(H,22,24). The van der Waals surface area contributed by atoms with E-state index in [9.17, 15) is 14.3 Å². The van der Waals surface area contributed by atoms with Crippen molar-refractivity contribution in [2.45, 2.75) is 38.3 Å². The van der Waals surface area contributed by atoms with Crippen LogP contribution in [0.3, 0.4) is 0 Å². The number of benzene rings is 2. The van der Waals surface area contributed by atoms with Gasteiger partial charge in [-0.05, 0) is 55.2 Å². The zero-order valence-corrected chi connectivity index (χ0v) is 14.5. The van der Waals surface area contributed by atoms with Gasteiger partial charge >= 0.3 is 0 Å². The number of amides is 1. The average Bonchev–Trinajstić information content (AvgIpc) is 2.60. The summed E-state index contributed by atoms with van der Waals surface area (Å²) in [6, 6.07) is 13.2. The van der Waals surface area contributed by atoms with Gasteiger partial charge in [-0.1, -0.05) is 24.3 Å². The second-order valence-electron chi connectivity index (χ2n) is 6.12. The van der Waals surface area contributed by atoms with Crippen LogP contribution in [-0.2, 0) is 11.2 Å². The fourth-order valence-electron chi connectivity index (χ4n) is 2.65. The van der Waals surface area contributed by atoms with Crippen LogP contribution in [0, 0.1) is 5.82 Å². The van der Waals surface area contributed by atoms with Gasteiger partial charge in [-0.2, -0.15) is 0 Å². The van der Waals surface area contributed by atoms with E-state index in [0.717, 1.165) is 11.3 Å². The van der Waals surface area contributed by atoms with Crippen molar-refractivity contribution in [3.8, 4) is 5.75 Å². The number of aryl methyl sites for hydroxylation is 1. The second kappa shape index (κ2) is 9.18. The molecule has 5 heteroatoms. The van der Waals surface area contributed by atoms with Crippen molar-refractivity contribution in [2.24, 2.45) is 0 Å². The topological polar surface area (TPSA) is 58.6 Å². The van der Waals surface area contributed by atoms with Crippen LogP contribution in [-0.4, -0.2) is 24.2 Å². The van der Waals surface area contributed by atoms with Gasteiger partial charge in [-0.25, -0.2) is 4.39 Å². The SMILES string of the molecule is COc1cccc(CCC(=O)NC(C)CC(O)c2ccc(F)cc2)c1. The molecule has 0 aromatic heterocycles. The maximum absolute atomic E-state index is 12.9. The molecule has 0 spiro atoms. The largest absolute Gasteiger partial charge is 0.497 e. The van der Waals surface area contributed by atoms with E-state index in [1.165, 1.54) is 12.1 Å². The van der Waals surface area contributed by atoms with E-state index in [1.807, 2.05) is 31.2 Å². The van der Waals surface area contributed by atoms with Crippen LogP contribution in [0.2, 0.25) is 0 Å². The lowest BCUT2D eigenvalue weighted by atomic mass is 10.0. The molecule has 25 heavy (non-hydrogen) atoms. The number of carbonyl (C=O) groups excluding carboxylic acids is 1. The van der Waals surface area contributed by atoms with Crippen LogP contribution >= 0.6 is 0 Å². The van der Waals surface area contributed by atoms with Gasteiger partial charge in [0, 0.05) is 12.5 Å². The number of ether oxygens (including phenoxy) is 1. The Labute approximate surface area is 147 Å². The number of carbonyl (C=O) groups is 1. The summed E-state index contributed by atoms with van der Waals surface area (Å²) < 4.78 is 18.1. The highest BCUT2D eigenvalue weighted by atomic mass is 19.1. The van der Waals surface area contributed by atoms with Crippen molar-refractivity contribution in [3.63, 3.8) is 0 Å². The molecule has 0 bridgehead atoms. The monoisotopic (exact) mass is 345 g/mol. The van der Waals surface area contributed by atoms with Gasteiger partial charge in [0.25, 0.3) is 0 Å². The van der Waals surface area contributed by atoms with Crippen molar-refractivity contribution in [3.05, 3.63) is 65.5 Å². The number of hydrogen-bond donors (Lipinski definition) is 2. The maximum atomic E-state index is 12.9. The Morgan fingerprint density at radius 2 is 1.96 bits per heavy atom. The van der Waals surface area contributed by atoms with E-state index in [0.29, 0.717) is 24.8 Å². The summed E-state index contributed by atoms with van der Waals surface area (Å²) in [5, 5.41) is 13.1. The highest BCUT2D eigenvalue weighted by molar-refractivity contribution is 5.76. The molecule has 0 saturated carbocycles. The van der Waals surface area contributed by atoms with Crippen LogP contribution < -0.4 is 10.1 Å². The maximum Gasteiger partial charge on any atom is 0.220 e. The molecule has 0 saturated heterocycles. The second-order valence-corrected chi connectivity index (χ2v) is 6.12. The van der Waals surface area contributed by atoms with Gasteiger partial charge in [0.2, 0.25) is 5.91 Å². The summed E-state index contributed by atoms with van der Waals surface area (Å²) in [6.07, 6.45) is 0.617. The highest BCUT2D eigenvalue weighted by Crippen LogP contribution is 2.19. The van der Waals surface area contributed by atoms with Gasteiger partial charge in [-0.15, -0.1) is 0 Å². The first-order valence-corrected chi connectivity index (χ1v) is 8.33. The first-order chi connectivity index (χ1) is 12.0. The molecule has 2 aromatic rings. The zero-order valence-electron chi connectivity index (χ0n) is 14.5. The van der Waals surface area contributed by atoms with Crippen molar-refractivity contribution < 1.29 is 19.0 Å². The van der Waals surface area contributed by atoms with Crippen molar-refractivity contribution in [1.29, 1.82) is 0 Å². The van der Waals surface area contributed by atoms with Crippen molar-refractivity contribution in [2.75, 3.05) is 7.11 Å². The molecule has 0 heterocycles. The van der Waals surface area contributed by atoms with Crippen LogP contribution in [0.15, 0.2) is 48.5 Å². The molecule has 2 atom stereocenters. The molecular weight excluding hydrogens is 321 g/mol. The first-order valence-electron chi connectivity index (χ1n) is 8.33. The number of nitrogens with one attached hydrogen (secondary N) is 1. The number of halogens is 1. The Kier molecular flexibility index (Phi) is 6.95. The Balaban J connectivity index is 1.78. The minimum atomic E-state index is -0.741. The predicted octanol–water partition coefficient (Wildman–Crippen LogP) is 3.40. The molecule has 2 unspecified atom stereocenters. The molecule has 2 N–H and O–H groups in total. The quantitative estimate of drug-likeness (QED) is 0.771. The summed E-state index contributed by atoms with van der Waals surface area (Å²) in [6.45, 7) is 1.84. The fraction of sp³-hybridized carbons (Fsp3) is 0.350. The number of rotatable bonds is 8. The lowest BCUT2D eigenvalue weighted by Gasteiger charge is -2.18. The van der Waals surface area contributed by atoms with Gasteiger partial charge in [0.1, 0.15) is 11.6 Å². The van der Waals surface area contributed by atoms with Crippen LogP contribution in [0.5, 0.6) is 5.75 Å². The van der Waals surface area contributed by atoms with E-state index < -0.39 is 6.10 Å². The summed E-state index contributed by atoms with van der Waals surface area (Å²) in [4.78, 5) is 12.1. The Morgan fingerprint density at radius 1 is 1.24 bits per heavy atom. The Bertz CT molecular complexity index is 688. The molecular formula is C20H24FNO3. The fourth-order valence-corrected chi connectivity index (χ4v) is 2.65. The summed E-state index contributed by atoms with van der Waals surface area (Å²) in [7, 11) is 1.61. The third-order valence-electron chi connectivity index (χ3n) is 4.01. The Morgan fingerprint density at radius 3 is 2.64 bits per heavy atom. The van der Waals surface area contributed by atoms with E-state index in [-0.39, 0.29) is 17.8 Å². The molecule has 0 aliphatic rings. The molecule has 0 aliphatic heterocycles. The molecule has 0 fully saturated rings. The van der Waals surface area contributed by atoms with Gasteiger partial charge in [0.05, 0.1) is 13.2 Å². The van der Waals surface area contributed by atoms with E-state index >= 15 is 0 Å². The molecule has 0 aliphatic carbocycles. The normalized spacial score (nSPS) is 13.1. The van der Waals surface area contributed by atoms with Crippen LogP contribution in [0.4, 0.5) is 4.39 Å². The van der Waals surface area contributed by atoms with Crippen molar-refractivity contribution in [1.82, 2.24) is 5.32 Å². The first kappa shape index (κ1) is 18.9. The third-order valence-corrected chi connectivity index (χ3v) is 4.01. The minimum Gasteiger partial charge on any atom is -0.497 e. The van der Waals surface area contributed by atoms with Crippen molar-refractivity contribution >= 4 is 5.91 Å². The lowest BCUT2D eigenvalue weighted by molar-refractivity contribution is -0.121. The summed E-state index contributed by atoms with van der Waals surface area (Å²) in [5.74, 6) is 0.366. The van der Waals surface area contributed by atoms with Gasteiger partial charge in [0.15, 0.2) is 0 Å². The molecule has 4 nitrogen and oxygen atoms in total. The number of aliphatic hydroxyl groups excluding tert-OH is 1. The number of aliphatic hydroxyl groups is 1. The average molecular weight is 345 g/mol. The summed E-state index contributed by atoms with van der Waals surface area (Å²) >= 11 is 0. The molecule has 2 aromatic carbocycles. The molecule has 0 radical (unpaired) electrons. The van der Waals surface area contributed by atoms with Gasteiger partial charge < -0.3 is 15.2 Å². The molecule has 1 amide bonds. The zero-order chi connectivity index (χ0) is 18.2. The van der Waals surface area contributed by atoms with Crippen LogP contribution in [0.1, 0.15) is 37.0 Å².